The molecule has 0 spiro atoms. The third-order valence-corrected chi connectivity index (χ3v) is 10.3. The van der Waals surface area contributed by atoms with Gasteiger partial charge in [-0.05, 0) is 87.1 Å². The van der Waals surface area contributed by atoms with Gasteiger partial charge in [-0.3, -0.25) is 0 Å². The van der Waals surface area contributed by atoms with E-state index in [-0.39, 0.29) is 0 Å². The molecule has 2 aliphatic rings. The second-order valence-electron chi connectivity index (χ2n) is 13.0. The van der Waals surface area contributed by atoms with Crippen molar-refractivity contribution in [3.05, 3.63) is 148 Å². The molecule has 0 amide bonds. The minimum absolute atomic E-state index is 0.504. The van der Waals surface area contributed by atoms with Crippen molar-refractivity contribution in [2.45, 2.75) is 46.0 Å². The largest absolute Gasteiger partial charge is 0.313 e. The van der Waals surface area contributed by atoms with Crippen LogP contribution in [0.5, 0.6) is 0 Å². The molecule has 0 aliphatic heterocycles. The lowest BCUT2D eigenvalue weighted by molar-refractivity contribution is 0.888. The predicted molar refractivity (Wildman–Crippen MR) is 208 cm³/mol. The Morgan fingerprint density at radius 1 is 0.725 bits per heavy atom. The fraction of sp³-hybridized carbons (Fsp3) is 0.152. The van der Waals surface area contributed by atoms with Gasteiger partial charge in [0.25, 0.3) is 0 Å². The summed E-state index contributed by atoms with van der Waals surface area (Å²) in [4.78, 5) is 0. The second-order valence-corrected chi connectivity index (χ2v) is 13.0. The lowest BCUT2D eigenvalue weighted by Gasteiger charge is -2.22. The normalized spacial score (nSPS) is 13.9. The predicted octanol–water partition coefficient (Wildman–Crippen LogP) is 11.1. The van der Waals surface area contributed by atoms with Crippen LogP contribution in [0.25, 0.3) is 62.0 Å². The first-order valence-electron chi connectivity index (χ1n) is 17.6. The van der Waals surface area contributed by atoms with E-state index in [0.717, 1.165) is 76.5 Å². The van der Waals surface area contributed by atoms with Crippen molar-refractivity contribution in [1.29, 1.82) is 15.8 Å². The molecular weight excluding hydrogens is 623 g/mol. The molecule has 0 N–H and O–H groups in total. The zero-order valence-corrected chi connectivity index (χ0v) is 28.7. The number of hydrogen-bond acceptors (Lipinski definition) is 3. The average molecular weight is 658 g/mol. The van der Waals surface area contributed by atoms with E-state index in [1.807, 2.05) is 54.6 Å². The molecule has 2 aromatic heterocycles. The average Bonchev–Trinajstić information content (AvgIpc) is 3.69. The molecule has 2 heterocycles. The Labute approximate surface area is 298 Å². The summed E-state index contributed by atoms with van der Waals surface area (Å²) < 4.78 is 4.62. The first-order chi connectivity index (χ1) is 25.1. The maximum absolute atomic E-state index is 10.8. The summed E-state index contributed by atoms with van der Waals surface area (Å²) in [7, 11) is 0. The SMILES string of the molecule is C/C=C\c1c(CC)c2ccccc2n1C1=C(c2cccc(-c3ccc(-n4c5c(c6cc(C#N)ccc64)C=CCC5)cc3C#N)c2C#N)C=CCC1. The molecule has 51 heavy (non-hydrogen) atoms. The van der Waals surface area contributed by atoms with Crippen molar-refractivity contribution in [1.82, 2.24) is 9.13 Å². The van der Waals surface area contributed by atoms with Gasteiger partial charge in [0.1, 0.15) is 6.07 Å². The summed E-state index contributed by atoms with van der Waals surface area (Å²) in [6.45, 7) is 4.27. The Bertz CT molecular complexity index is 2660. The fourth-order valence-electron chi connectivity index (χ4n) is 8.16. The van der Waals surface area contributed by atoms with E-state index in [1.165, 1.54) is 33.6 Å². The first-order valence-corrected chi connectivity index (χ1v) is 17.6. The molecule has 2 aliphatic carbocycles. The number of aromatic nitrogens is 2. The zero-order chi connectivity index (χ0) is 35.1. The summed E-state index contributed by atoms with van der Waals surface area (Å²) in [5, 5.41) is 33.3. The van der Waals surface area contributed by atoms with E-state index in [4.69, 9.17) is 0 Å². The molecule has 4 aromatic carbocycles. The number of rotatable bonds is 6. The molecule has 5 nitrogen and oxygen atoms in total. The van der Waals surface area contributed by atoms with Crippen LogP contribution in [0.1, 0.15) is 77.9 Å². The Kier molecular flexibility index (Phi) is 8.08. The van der Waals surface area contributed by atoms with Gasteiger partial charge in [0.15, 0.2) is 0 Å². The number of nitrogens with zero attached hydrogens (tertiary/aromatic N) is 5. The molecule has 0 unspecified atom stereocenters. The maximum atomic E-state index is 10.8. The minimum atomic E-state index is 0.504. The number of para-hydroxylation sites is 1. The van der Waals surface area contributed by atoms with Crippen molar-refractivity contribution in [2.75, 3.05) is 0 Å². The van der Waals surface area contributed by atoms with Crippen molar-refractivity contribution >= 4 is 45.2 Å². The minimum Gasteiger partial charge on any atom is -0.313 e. The van der Waals surface area contributed by atoms with Crippen LogP contribution >= 0.6 is 0 Å². The highest BCUT2D eigenvalue weighted by Gasteiger charge is 2.24. The maximum Gasteiger partial charge on any atom is 0.100 e. The molecule has 244 valence electrons. The number of aryl methyl sites for hydroxylation is 1. The van der Waals surface area contributed by atoms with Gasteiger partial charge in [0.2, 0.25) is 0 Å². The van der Waals surface area contributed by atoms with Crippen LogP contribution in [0, 0.1) is 34.0 Å². The van der Waals surface area contributed by atoms with Gasteiger partial charge in [-0.25, -0.2) is 0 Å². The number of fused-ring (bicyclic) bond motifs is 4. The van der Waals surface area contributed by atoms with E-state index < -0.39 is 0 Å². The monoisotopic (exact) mass is 657 g/mol. The smallest absolute Gasteiger partial charge is 0.100 e. The second kappa shape index (κ2) is 13.0. The molecule has 0 fully saturated rings. The van der Waals surface area contributed by atoms with Crippen molar-refractivity contribution in [3.8, 4) is 35.0 Å². The first kappa shape index (κ1) is 31.6. The number of benzene rings is 4. The van der Waals surface area contributed by atoms with E-state index in [1.54, 1.807) is 0 Å². The van der Waals surface area contributed by atoms with Crippen LogP contribution in [0.2, 0.25) is 0 Å². The highest BCUT2D eigenvalue weighted by molar-refractivity contribution is 6.00. The van der Waals surface area contributed by atoms with Gasteiger partial charge in [-0.1, -0.05) is 79.8 Å². The number of hydrogen-bond donors (Lipinski definition) is 0. The van der Waals surface area contributed by atoms with Gasteiger partial charge in [-0.15, -0.1) is 0 Å². The van der Waals surface area contributed by atoms with E-state index in [9.17, 15) is 15.8 Å². The molecule has 8 rings (SSSR count). The summed E-state index contributed by atoms with van der Waals surface area (Å²) in [6.07, 6.45) is 17.4. The molecule has 5 heteroatoms. The Morgan fingerprint density at radius 3 is 2.33 bits per heavy atom. The van der Waals surface area contributed by atoms with Crippen molar-refractivity contribution < 1.29 is 0 Å². The van der Waals surface area contributed by atoms with E-state index in [2.05, 4.69) is 102 Å². The lowest BCUT2D eigenvalue weighted by Crippen LogP contribution is -2.07. The molecule has 0 saturated carbocycles. The molecule has 6 aromatic rings. The van der Waals surface area contributed by atoms with Gasteiger partial charge < -0.3 is 9.13 Å². The zero-order valence-electron chi connectivity index (χ0n) is 28.7. The van der Waals surface area contributed by atoms with E-state index >= 15 is 0 Å². The standard InChI is InChI=1S/C46H35N5/c1-3-12-42-33(4-2)37-13-5-9-19-44(37)51(42)45-20-10-6-14-38(45)36-17-11-16-35(41(36)29-49)34-23-22-32(26-31(34)28-48)50-43-18-8-7-15-39(43)40-25-30(27-47)21-24-46(40)50/h3,5-7,9,11-17,19,21-26H,4,8,10,18,20H2,1-2H3/b12-3-. The van der Waals surface area contributed by atoms with Crippen LogP contribution < -0.4 is 0 Å². The summed E-state index contributed by atoms with van der Waals surface area (Å²) >= 11 is 0. The molecule has 0 atom stereocenters. The molecular formula is C46H35N5. The van der Waals surface area contributed by atoms with Crippen LogP contribution in [0.15, 0.2) is 103 Å². The highest BCUT2D eigenvalue weighted by atomic mass is 15.0. The van der Waals surface area contributed by atoms with E-state index in [0.29, 0.717) is 16.7 Å². The van der Waals surface area contributed by atoms with Gasteiger partial charge in [0.05, 0.1) is 39.9 Å². The molecule has 0 bridgehead atoms. The van der Waals surface area contributed by atoms with Crippen LogP contribution in [-0.4, -0.2) is 9.13 Å². The summed E-state index contributed by atoms with van der Waals surface area (Å²) in [5.41, 5.74) is 14.1. The van der Waals surface area contributed by atoms with Gasteiger partial charge in [0, 0.05) is 61.4 Å². The van der Waals surface area contributed by atoms with Crippen molar-refractivity contribution in [3.63, 3.8) is 0 Å². The van der Waals surface area contributed by atoms with Crippen LogP contribution in [0.4, 0.5) is 0 Å². The summed E-state index contributed by atoms with van der Waals surface area (Å²) in [5.74, 6) is 0. The summed E-state index contributed by atoms with van der Waals surface area (Å²) in [6, 6.07) is 33.7. The molecule has 0 saturated heterocycles. The third-order valence-electron chi connectivity index (χ3n) is 10.3. The Morgan fingerprint density at radius 2 is 1.53 bits per heavy atom. The Hall–Kier alpha value is -6.61. The highest BCUT2D eigenvalue weighted by Crippen LogP contribution is 2.41. The topological polar surface area (TPSA) is 81.2 Å². The lowest BCUT2D eigenvalue weighted by atomic mass is 9.87. The Balaban J connectivity index is 1.31. The van der Waals surface area contributed by atoms with Crippen molar-refractivity contribution in [2.24, 2.45) is 0 Å². The quantitative estimate of drug-likeness (QED) is 0.179. The third kappa shape index (κ3) is 5.04. The fourth-order valence-corrected chi connectivity index (χ4v) is 8.16. The number of nitriles is 3. The van der Waals surface area contributed by atoms with Gasteiger partial charge >= 0.3 is 0 Å². The number of allylic oxidation sites excluding steroid dienone is 6. The molecule has 0 radical (unpaired) electrons. The van der Waals surface area contributed by atoms with Crippen LogP contribution in [-0.2, 0) is 12.8 Å². The van der Waals surface area contributed by atoms with Crippen LogP contribution in [0.3, 0.4) is 0 Å². The van der Waals surface area contributed by atoms with Gasteiger partial charge in [-0.2, -0.15) is 15.8 Å².